The van der Waals surface area contributed by atoms with E-state index in [1.54, 1.807) is 6.07 Å². The number of hydrogen-bond donors (Lipinski definition) is 1. The molecule has 1 N–H and O–H groups in total. The summed E-state index contributed by atoms with van der Waals surface area (Å²) in [6, 6.07) is 12.8. The number of anilines is 1. The lowest BCUT2D eigenvalue weighted by Gasteiger charge is -2.29. The molecule has 2 fully saturated rings. The van der Waals surface area contributed by atoms with Gasteiger partial charge >= 0.3 is 0 Å². The highest BCUT2D eigenvalue weighted by atomic mass is 32.2. The normalized spacial score (nSPS) is 18.0. The molecule has 2 aliphatic heterocycles. The number of nitrogens with zero attached hydrogens (tertiary/aromatic N) is 2. The maximum atomic E-state index is 13.2. The van der Waals surface area contributed by atoms with Gasteiger partial charge in [0.2, 0.25) is 10.0 Å². The number of carbonyl (C=O) groups is 1. The summed E-state index contributed by atoms with van der Waals surface area (Å²) in [5, 5.41) is 2.91. The smallest absolute Gasteiger partial charge is 0.255 e. The van der Waals surface area contributed by atoms with Crippen molar-refractivity contribution in [1.82, 2.24) is 9.62 Å². The third kappa shape index (κ3) is 5.55. The molecular formula is C26H35N3O4S. The fourth-order valence-electron chi connectivity index (χ4n) is 4.65. The molecule has 2 aliphatic rings. The predicted octanol–water partition coefficient (Wildman–Crippen LogP) is 4.04. The number of amides is 1. The first-order valence-electron chi connectivity index (χ1n) is 12.2. The van der Waals surface area contributed by atoms with E-state index in [1.165, 1.54) is 48.5 Å². The molecule has 2 aromatic rings. The fraction of sp³-hybridized carbons (Fsp3) is 0.500. The highest BCUT2D eigenvalue weighted by Gasteiger charge is 2.29. The van der Waals surface area contributed by atoms with Gasteiger partial charge in [-0.25, -0.2) is 8.42 Å². The first-order valence-corrected chi connectivity index (χ1v) is 13.6. The second kappa shape index (κ2) is 10.8. The van der Waals surface area contributed by atoms with Crippen LogP contribution in [0.15, 0.2) is 47.4 Å². The van der Waals surface area contributed by atoms with Gasteiger partial charge in [-0.2, -0.15) is 4.31 Å². The molecule has 0 radical (unpaired) electrons. The Labute approximate surface area is 203 Å². The van der Waals surface area contributed by atoms with Gasteiger partial charge in [-0.3, -0.25) is 4.79 Å². The number of ether oxygens (including phenoxy) is 1. The Kier molecular flexibility index (Phi) is 7.78. The van der Waals surface area contributed by atoms with E-state index in [2.05, 4.69) is 29.3 Å². The van der Waals surface area contributed by atoms with Crippen LogP contribution in [0.25, 0.3) is 0 Å². The van der Waals surface area contributed by atoms with E-state index in [1.807, 2.05) is 12.1 Å². The maximum absolute atomic E-state index is 13.2. The number of benzene rings is 2. The molecule has 1 amide bonds. The van der Waals surface area contributed by atoms with Gasteiger partial charge in [0.1, 0.15) is 5.75 Å². The van der Waals surface area contributed by atoms with Crippen molar-refractivity contribution in [2.45, 2.75) is 50.5 Å². The molecule has 2 saturated heterocycles. The molecule has 34 heavy (non-hydrogen) atoms. The number of hydrogen-bond acceptors (Lipinski definition) is 5. The molecule has 0 saturated carbocycles. The van der Waals surface area contributed by atoms with E-state index >= 15 is 0 Å². The Morgan fingerprint density at radius 2 is 1.68 bits per heavy atom. The van der Waals surface area contributed by atoms with Crippen LogP contribution in [0.3, 0.4) is 0 Å². The molecule has 7 nitrogen and oxygen atoms in total. The molecule has 0 bridgehead atoms. The monoisotopic (exact) mass is 485 g/mol. The van der Waals surface area contributed by atoms with Gasteiger partial charge in [-0.05, 0) is 73.9 Å². The number of carbonyl (C=O) groups excluding carboxylic acids is 1. The van der Waals surface area contributed by atoms with E-state index in [-0.39, 0.29) is 16.4 Å². The minimum atomic E-state index is -3.66. The predicted molar refractivity (Wildman–Crippen MR) is 134 cm³/mol. The summed E-state index contributed by atoms with van der Waals surface area (Å²) in [4.78, 5) is 15.5. The van der Waals surface area contributed by atoms with Crippen molar-refractivity contribution in [3.05, 3.63) is 53.6 Å². The molecule has 0 spiro atoms. The highest BCUT2D eigenvalue weighted by Crippen LogP contribution is 2.28. The van der Waals surface area contributed by atoms with Crippen LogP contribution in [0.4, 0.5) is 5.69 Å². The van der Waals surface area contributed by atoms with Crippen LogP contribution in [0.1, 0.15) is 54.9 Å². The first kappa shape index (κ1) is 24.5. The van der Waals surface area contributed by atoms with Crippen LogP contribution in [0, 0.1) is 5.92 Å². The average Bonchev–Trinajstić information content (AvgIpc) is 2.88. The van der Waals surface area contributed by atoms with E-state index in [9.17, 15) is 13.2 Å². The quantitative estimate of drug-likeness (QED) is 0.641. The molecule has 0 unspecified atom stereocenters. The topological polar surface area (TPSA) is 79.0 Å². The van der Waals surface area contributed by atoms with Crippen molar-refractivity contribution < 1.29 is 17.9 Å². The Bertz CT molecular complexity index is 1090. The molecule has 2 heterocycles. The molecular weight excluding hydrogens is 450 g/mol. The summed E-state index contributed by atoms with van der Waals surface area (Å²) in [6.07, 6.45) is 5.44. The van der Waals surface area contributed by atoms with Gasteiger partial charge in [-0.15, -0.1) is 0 Å². The Hall–Kier alpha value is -2.58. The number of piperidine rings is 2. The molecule has 184 valence electrons. The lowest BCUT2D eigenvalue weighted by Crippen LogP contribution is -2.38. The molecule has 2 aromatic carbocycles. The van der Waals surface area contributed by atoms with Crippen LogP contribution >= 0.6 is 0 Å². The van der Waals surface area contributed by atoms with Crippen molar-refractivity contribution in [2.24, 2.45) is 5.92 Å². The van der Waals surface area contributed by atoms with Gasteiger partial charge in [-0.1, -0.05) is 19.1 Å². The third-order valence-electron chi connectivity index (χ3n) is 6.91. The lowest BCUT2D eigenvalue weighted by atomic mass is 10.0. The Morgan fingerprint density at radius 3 is 2.32 bits per heavy atom. The van der Waals surface area contributed by atoms with Gasteiger partial charge in [0.05, 0.1) is 17.6 Å². The van der Waals surface area contributed by atoms with Gasteiger partial charge in [0.25, 0.3) is 5.91 Å². The number of nitrogens with one attached hydrogen (secondary N) is 1. The average molecular weight is 486 g/mol. The third-order valence-corrected chi connectivity index (χ3v) is 8.80. The summed E-state index contributed by atoms with van der Waals surface area (Å²) in [5.41, 5.74) is 2.42. The maximum Gasteiger partial charge on any atom is 0.255 e. The van der Waals surface area contributed by atoms with Crippen molar-refractivity contribution in [2.75, 3.05) is 38.2 Å². The van der Waals surface area contributed by atoms with Gasteiger partial charge in [0.15, 0.2) is 0 Å². The minimum Gasteiger partial charge on any atom is -0.496 e. The summed E-state index contributed by atoms with van der Waals surface area (Å²) in [7, 11) is -2.18. The molecule has 8 heteroatoms. The van der Waals surface area contributed by atoms with Gasteiger partial charge in [0, 0.05) is 38.4 Å². The van der Waals surface area contributed by atoms with Crippen LogP contribution in [-0.2, 0) is 16.6 Å². The van der Waals surface area contributed by atoms with Crippen LogP contribution in [0.2, 0.25) is 0 Å². The number of sulfonamides is 1. The van der Waals surface area contributed by atoms with Crippen molar-refractivity contribution in [1.29, 1.82) is 0 Å². The summed E-state index contributed by atoms with van der Waals surface area (Å²) in [6.45, 7) is 5.68. The number of rotatable bonds is 7. The zero-order chi connectivity index (χ0) is 24.1. The highest BCUT2D eigenvalue weighted by molar-refractivity contribution is 7.89. The summed E-state index contributed by atoms with van der Waals surface area (Å²) < 4.78 is 33.2. The molecule has 0 aromatic heterocycles. The fourth-order valence-corrected chi connectivity index (χ4v) is 6.15. The second-order valence-electron chi connectivity index (χ2n) is 9.35. The zero-order valence-electron chi connectivity index (χ0n) is 20.1. The van der Waals surface area contributed by atoms with Gasteiger partial charge < -0.3 is 15.0 Å². The molecule has 0 atom stereocenters. The first-order chi connectivity index (χ1) is 16.4. The van der Waals surface area contributed by atoms with Crippen LogP contribution < -0.4 is 15.0 Å². The zero-order valence-corrected chi connectivity index (χ0v) is 20.9. The number of methoxy groups -OCH3 is 1. The van der Waals surface area contributed by atoms with Crippen molar-refractivity contribution in [3.8, 4) is 5.75 Å². The van der Waals surface area contributed by atoms with E-state index in [0.29, 0.717) is 31.3 Å². The van der Waals surface area contributed by atoms with Crippen molar-refractivity contribution in [3.63, 3.8) is 0 Å². The SMILES string of the molecule is COc1ccc(S(=O)(=O)N2CCC(C)CC2)cc1C(=O)NCc1ccc(N2CCCCC2)cc1. The molecule has 0 aliphatic carbocycles. The van der Waals surface area contributed by atoms with E-state index in [0.717, 1.165) is 31.5 Å². The Morgan fingerprint density at radius 1 is 1.00 bits per heavy atom. The largest absolute Gasteiger partial charge is 0.496 e. The van der Waals surface area contributed by atoms with Crippen molar-refractivity contribution >= 4 is 21.6 Å². The minimum absolute atomic E-state index is 0.124. The summed E-state index contributed by atoms with van der Waals surface area (Å²) >= 11 is 0. The lowest BCUT2D eigenvalue weighted by molar-refractivity contribution is 0.0947. The second-order valence-corrected chi connectivity index (χ2v) is 11.3. The van der Waals surface area contributed by atoms with Crippen LogP contribution in [-0.4, -0.2) is 51.9 Å². The van der Waals surface area contributed by atoms with E-state index < -0.39 is 10.0 Å². The molecule has 4 rings (SSSR count). The van der Waals surface area contributed by atoms with E-state index in [4.69, 9.17) is 4.74 Å². The summed E-state index contributed by atoms with van der Waals surface area (Å²) in [5.74, 6) is 0.517. The Balaban J connectivity index is 1.45. The standard InChI is InChI=1S/C26H35N3O4S/c1-20-12-16-29(17-13-20)34(31,32)23-10-11-25(33-2)24(18-23)26(30)27-19-21-6-8-22(9-7-21)28-14-4-3-5-15-28/h6-11,18,20H,3-5,12-17,19H2,1-2H3,(H,27,30). The van der Waals surface area contributed by atoms with Crippen LogP contribution in [0.5, 0.6) is 5.75 Å².